The van der Waals surface area contributed by atoms with Crippen molar-refractivity contribution in [3.05, 3.63) is 76.5 Å². The predicted molar refractivity (Wildman–Crippen MR) is 139 cm³/mol. The van der Waals surface area contributed by atoms with Crippen LogP contribution in [0.2, 0.25) is 0 Å². The van der Waals surface area contributed by atoms with Crippen molar-refractivity contribution in [3.8, 4) is 40.1 Å². The molecule has 1 aliphatic rings. The topological polar surface area (TPSA) is 217 Å². The smallest absolute Gasteiger partial charge is 0.338 e. The second kappa shape index (κ2) is 11.0. The summed E-state index contributed by atoms with van der Waals surface area (Å²) in [6.45, 7) is -0.596. The van der Waals surface area contributed by atoms with Gasteiger partial charge in [0.15, 0.2) is 5.76 Å². The van der Waals surface area contributed by atoms with Gasteiger partial charge in [-0.15, -0.1) is 0 Å². The van der Waals surface area contributed by atoms with Crippen molar-refractivity contribution in [3.63, 3.8) is 0 Å². The van der Waals surface area contributed by atoms with Gasteiger partial charge in [0.2, 0.25) is 17.5 Å². The van der Waals surface area contributed by atoms with E-state index in [0.29, 0.717) is 0 Å². The number of benzene rings is 3. The molecule has 13 nitrogen and oxygen atoms in total. The van der Waals surface area contributed by atoms with Crippen LogP contribution in [0, 0.1) is 0 Å². The second-order valence-corrected chi connectivity index (χ2v) is 9.25. The number of hydrogen-bond acceptors (Lipinski definition) is 13. The first-order valence-corrected chi connectivity index (χ1v) is 12.2. The summed E-state index contributed by atoms with van der Waals surface area (Å²) in [4.78, 5) is 25.9. The molecule has 0 saturated carbocycles. The van der Waals surface area contributed by atoms with E-state index >= 15 is 0 Å². The quantitative estimate of drug-likeness (QED) is 0.164. The fourth-order valence-electron chi connectivity index (χ4n) is 4.28. The van der Waals surface area contributed by atoms with E-state index in [4.69, 9.17) is 18.6 Å². The number of aromatic hydroxyl groups is 4. The zero-order chi connectivity index (χ0) is 29.4. The van der Waals surface area contributed by atoms with Crippen molar-refractivity contribution in [2.24, 2.45) is 0 Å². The Labute approximate surface area is 230 Å². The number of fused-ring (bicyclic) bond motifs is 1. The van der Waals surface area contributed by atoms with Gasteiger partial charge in [-0.25, -0.2) is 4.79 Å². The summed E-state index contributed by atoms with van der Waals surface area (Å²) in [6.07, 6.45) is -8.71. The number of hydrogen-bond donors (Lipinski definition) is 7. The van der Waals surface area contributed by atoms with Crippen molar-refractivity contribution in [1.82, 2.24) is 0 Å². The molecule has 0 bridgehead atoms. The number of esters is 1. The molecule has 13 heteroatoms. The third-order valence-corrected chi connectivity index (χ3v) is 6.43. The van der Waals surface area contributed by atoms with Gasteiger partial charge in [-0.3, -0.25) is 4.79 Å². The molecular weight excluding hydrogens is 544 g/mol. The van der Waals surface area contributed by atoms with Gasteiger partial charge in [0.05, 0.1) is 5.56 Å². The molecule has 214 valence electrons. The van der Waals surface area contributed by atoms with Gasteiger partial charge in [0.1, 0.15) is 65.0 Å². The van der Waals surface area contributed by atoms with Gasteiger partial charge >= 0.3 is 5.97 Å². The lowest BCUT2D eigenvalue weighted by Gasteiger charge is -2.39. The van der Waals surface area contributed by atoms with E-state index in [1.54, 1.807) is 0 Å². The monoisotopic (exact) mass is 568 g/mol. The Hall–Kier alpha value is -4.82. The molecule has 1 aliphatic heterocycles. The Kier molecular flexibility index (Phi) is 7.43. The predicted octanol–water partition coefficient (Wildman–Crippen LogP) is 1.33. The van der Waals surface area contributed by atoms with Crippen molar-refractivity contribution in [2.45, 2.75) is 30.7 Å². The molecule has 7 N–H and O–H groups in total. The SMILES string of the molecule is O=C(OC[C@H]1O[C@H](Oc2c(-c3ccc(O)cc3)oc3cc(O)cc(O)c3c2=O)[C@H](O)[C@H](O)[C@@H]1O)c1ccc(O)cc1. The molecule has 1 saturated heterocycles. The molecule has 5 atom stereocenters. The van der Waals surface area contributed by atoms with Crippen LogP contribution in [0.5, 0.6) is 28.7 Å². The Balaban J connectivity index is 1.48. The maximum Gasteiger partial charge on any atom is 0.338 e. The molecule has 1 fully saturated rings. The average molecular weight is 568 g/mol. The summed E-state index contributed by atoms with van der Waals surface area (Å²) >= 11 is 0. The van der Waals surface area contributed by atoms with E-state index in [1.807, 2.05) is 0 Å². The lowest BCUT2D eigenvalue weighted by atomic mass is 9.99. The summed E-state index contributed by atoms with van der Waals surface area (Å²) in [5.41, 5.74) is -0.842. The lowest BCUT2D eigenvalue weighted by molar-refractivity contribution is -0.277. The second-order valence-electron chi connectivity index (χ2n) is 9.25. The van der Waals surface area contributed by atoms with Crippen LogP contribution in [-0.4, -0.2) is 79.0 Å². The van der Waals surface area contributed by atoms with Crippen LogP contribution in [0.1, 0.15) is 10.4 Å². The zero-order valence-corrected chi connectivity index (χ0v) is 20.9. The van der Waals surface area contributed by atoms with Gasteiger partial charge in [-0.2, -0.15) is 0 Å². The number of carbonyl (C=O) groups is 1. The van der Waals surface area contributed by atoms with E-state index in [2.05, 4.69) is 0 Å². The fraction of sp³-hybridized carbons (Fsp3) is 0.214. The van der Waals surface area contributed by atoms with Gasteiger partial charge in [-0.1, -0.05) is 0 Å². The molecule has 4 aromatic rings. The summed E-state index contributed by atoms with van der Waals surface area (Å²) in [7, 11) is 0. The Morgan fingerprint density at radius 2 is 1.44 bits per heavy atom. The first-order valence-electron chi connectivity index (χ1n) is 12.2. The molecule has 5 rings (SSSR count). The molecule has 0 aliphatic carbocycles. The zero-order valence-electron chi connectivity index (χ0n) is 20.9. The van der Waals surface area contributed by atoms with Crippen LogP contribution < -0.4 is 10.2 Å². The van der Waals surface area contributed by atoms with Crippen LogP contribution in [0.3, 0.4) is 0 Å². The van der Waals surface area contributed by atoms with Crippen LogP contribution in [-0.2, 0) is 9.47 Å². The molecule has 0 radical (unpaired) electrons. The minimum Gasteiger partial charge on any atom is -0.508 e. The molecule has 1 aromatic heterocycles. The first kappa shape index (κ1) is 27.7. The Bertz CT molecular complexity index is 1630. The number of phenols is 4. The number of rotatable bonds is 6. The molecule has 0 spiro atoms. The van der Waals surface area contributed by atoms with Crippen LogP contribution >= 0.6 is 0 Å². The van der Waals surface area contributed by atoms with Gasteiger partial charge < -0.3 is 54.4 Å². The number of aliphatic hydroxyl groups excluding tert-OH is 3. The van der Waals surface area contributed by atoms with Crippen LogP contribution in [0.25, 0.3) is 22.3 Å². The van der Waals surface area contributed by atoms with E-state index in [1.165, 1.54) is 48.5 Å². The van der Waals surface area contributed by atoms with E-state index in [-0.39, 0.29) is 39.4 Å². The average Bonchev–Trinajstić information content (AvgIpc) is 2.94. The van der Waals surface area contributed by atoms with Gasteiger partial charge in [0, 0.05) is 17.7 Å². The minimum absolute atomic E-state index is 0.0698. The summed E-state index contributed by atoms with van der Waals surface area (Å²) < 4.78 is 22.2. The highest BCUT2D eigenvalue weighted by atomic mass is 16.7. The van der Waals surface area contributed by atoms with Crippen LogP contribution in [0.15, 0.2) is 69.9 Å². The maximum atomic E-state index is 13.5. The number of aliphatic hydroxyl groups is 3. The summed E-state index contributed by atoms with van der Waals surface area (Å²) in [5.74, 6) is -2.83. The molecular formula is C28H24O13. The van der Waals surface area contributed by atoms with Crippen molar-refractivity contribution >= 4 is 16.9 Å². The molecule has 3 aromatic carbocycles. The van der Waals surface area contributed by atoms with E-state index in [9.17, 15) is 45.3 Å². The van der Waals surface area contributed by atoms with E-state index in [0.717, 1.165) is 12.1 Å². The van der Waals surface area contributed by atoms with Gasteiger partial charge in [0.25, 0.3) is 0 Å². The highest BCUT2D eigenvalue weighted by Gasteiger charge is 2.46. The molecule has 2 heterocycles. The van der Waals surface area contributed by atoms with E-state index < -0.39 is 66.0 Å². The molecule has 41 heavy (non-hydrogen) atoms. The van der Waals surface area contributed by atoms with Crippen molar-refractivity contribution < 1.29 is 59.2 Å². The van der Waals surface area contributed by atoms with Crippen LogP contribution in [0.4, 0.5) is 0 Å². The summed E-state index contributed by atoms with van der Waals surface area (Å²) in [6, 6.07) is 12.5. The Morgan fingerprint density at radius 1 is 0.805 bits per heavy atom. The standard InChI is InChI=1S/C28H24O13/c29-14-5-1-12(2-6-14)25-26(22(34)20-17(32)9-16(31)10-18(20)39-25)41-28-24(36)23(35)21(33)19(40-28)11-38-27(37)13-3-7-15(30)8-4-13/h1-10,19,21,23-24,28-33,35-36H,11H2/t19-,21-,23-,24-,28-/m1/s1. The third kappa shape index (κ3) is 5.47. The largest absolute Gasteiger partial charge is 0.508 e. The number of ether oxygens (including phenoxy) is 3. The lowest BCUT2D eigenvalue weighted by Crippen LogP contribution is -2.60. The third-order valence-electron chi connectivity index (χ3n) is 6.43. The van der Waals surface area contributed by atoms with Crippen molar-refractivity contribution in [1.29, 1.82) is 0 Å². The normalized spacial score (nSPS) is 22.4. The molecule has 0 amide bonds. The first-order chi connectivity index (χ1) is 19.5. The fourth-order valence-corrected chi connectivity index (χ4v) is 4.28. The maximum absolute atomic E-state index is 13.5. The minimum atomic E-state index is -1.90. The highest BCUT2D eigenvalue weighted by molar-refractivity contribution is 5.89. The van der Waals surface area contributed by atoms with Crippen molar-refractivity contribution in [2.75, 3.05) is 6.61 Å². The highest BCUT2D eigenvalue weighted by Crippen LogP contribution is 2.37. The number of phenolic OH excluding ortho intramolecular Hbond substituents is 4. The summed E-state index contributed by atoms with van der Waals surface area (Å²) in [5, 5.41) is 70.5. The molecule has 0 unspecified atom stereocenters. The Morgan fingerprint density at radius 3 is 2.10 bits per heavy atom. The number of carbonyl (C=O) groups excluding carboxylic acids is 1. The van der Waals surface area contributed by atoms with Gasteiger partial charge in [-0.05, 0) is 48.5 Å².